The summed E-state index contributed by atoms with van der Waals surface area (Å²) in [6.45, 7) is 1.11. The van der Waals surface area contributed by atoms with Crippen molar-refractivity contribution in [1.29, 1.82) is 0 Å². The lowest BCUT2D eigenvalue weighted by atomic mass is 10.2. The number of carbonyl (C=O) groups is 2. The molecule has 0 atom stereocenters. The van der Waals surface area contributed by atoms with Gasteiger partial charge in [0.25, 0.3) is 6.47 Å². The lowest BCUT2D eigenvalue weighted by molar-refractivity contribution is -0.123. The van der Waals surface area contributed by atoms with E-state index in [4.69, 9.17) is 9.90 Å². The highest BCUT2D eigenvalue weighted by Gasteiger charge is 2.08. The number of hydrogen-bond donors (Lipinski definition) is 2. The van der Waals surface area contributed by atoms with Gasteiger partial charge in [0.1, 0.15) is 5.52 Å². The van der Waals surface area contributed by atoms with E-state index in [2.05, 4.69) is 10.3 Å². The van der Waals surface area contributed by atoms with Crippen LogP contribution in [0.2, 0.25) is 0 Å². The Morgan fingerprint density at radius 3 is 2.63 bits per heavy atom. The summed E-state index contributed by atoms with van der Waals surface area (Å²) in [7, 11) is 0. The maximum Gasteiger partial charge on any atom is 0.290 e. The van der Waals surface area contributed by atoms with Gasteiger partial charge in [-0.3, -0.25) is 14.6 Å². The van der Waals surface area contributed by atoms with Gasteiger partial charge in [0.15, 0.2) is 11.6 Å². The average Bonchev–Trinajstić information content (AvgIpc) is 2.34. The zero-order valence-corrected chi connectivity index (χ0v) is 9.85. The summed E-state index contributed by atoms with van der Waals surface area (Å²) in [6, 6.07) is 3.97. The molecular formula is C12H10F2N2O3. The Balaban J connectivity index is 0.000000550. The van der Waals surface area contributed by atoms with Crippen LogP contribution in [-0.4, -0.2) is 22.5 Å². The predicted molar refractivity (Wildman–Crippen MR) is 64.7 cm³/mol. The van der Waals surface area contributed by atoms with Gasteiger partial charge in [0.2, 0.25) is 5.91 Å². The molecule has 1 aromatic carbocycles. The van der Waals surface area contributed by atoms with E-state index >= 15 is 0 Å². The van der Waals surface area contributed by atoms with Gasteiger partial charge in [-0.25, -0.2) is 8.78 Å². The van der Waals surface area contributed by atoms with Crippen LogP contribution in [0.5, 0.6) is 0 Å². The summed E-state index contributed by atoms with van der Waals surface area (Å²) in [5.74, 6) is -2.16. The largest absolute Gasteiger partial charge is 0.483 e. The number of hydrogen-bond acceptors (Lipinski definition) is 3. The minimum Gasteiger partial charge on any atom is -0.483 e. The van der Waals surface area contributed by atoms with E-state index in [1.807, 2.05) is 0 Å². The van der Waals surface area contributed by atoms with Crippen LogP contribution >= 0.6 is 0 Å². The standard InChI is InChI=1S/C11H8F2N2O.CH2O2/c1-6(16)15-8-4-7-2-3-9(12)10(13)11(7)14-5-8;2-1-3/h2-5H,1H3,(H,15,16);1H,(H,2,3). The molecule has 0 bridgehead atoms. The molecular weight excluding hydrogens is 258 g/mol. The molecule has 0 saturated heterocycles. The van der Waals surface area contributed by atoms with E-state index in [-0.39, 0.29) is 17.9 Å². The number of amides is 1. The Labute approximate surface area is 106 Å². The molecule has 0 aliphatic heterocycles. The molecule has 0 aliphatic rings. The third-order valence-electron chi connectivity index (χ3n) is 2.06. The number of pyridine rings is 1. The zero-order valence-electron chi connectivity index (χ0n) is 9.85. The molecule has 100 valence electrons. The van der Waals surface area contributed by atoms with Crippen molar-refractivity contribution in [2.24, 2.45) is 0 Å². The quantitative estimate of drug-likeness (QED) is 0.777. The molecule has 0 radical (unpaired) electrons. The van der Waals surface area contributed by atoms with Crippen molar-refractivity contribution in [3.8, 4) is 0 Å². The van der Waals surface area contributed by atoms with Gasteiger partial charge < -0.3 is 10.4 Å². The van der Waals surface area contributed by atoms with Gasteiger partial charge in [-0.15, -0.1) is 0 Å². The molecule has 2 rings (SSSR count). The van der Waals surface area contributed by atoms with Crippen molar-refractivity contribution < 1.29 is 23.5 Å². The number of fused-ring (bicyclic) bond motifs is 1. The minimum atomic E-state index is -0.980. The zero-order chi connectivity index (χ0) is 14.4. The van der Waals surface area contributed by atoms with Crippen molar-refractivity contribution in [1.82, 2.24) is 4.98 Å². The fourth-order valence-electron chi connectivity index (χ4n) is 1.41. The van der Waals surface area contributed by atoms with Crippen LogP contribution in [0.4, 0.5) is 14.5 Å². The summed E-state index contributed by atoms with van der Waals surface area (Å²) in [5, 5.41) is 9.84. The second-order valence-corrected chi connectivity index (χ2v) is 3.44. The number of carboxylic acid groups (broad SMARTS) is 1. The average molecular weight is 268 g/mol. The number of rotatable bonds is 1. The van der Waals surface area contributed by atoms with Gasteiger partial charge in [0.05, 0.1) is 11.9 Å². The SMILES string of the molecule is CC(=O)Nc1cnc2c(F)c(F)ccc2c1.O=CO. The lowest BCUT2D eigenvalue weighted by Crippen LogP contribution is -2.06. The monoisotopic (exact) mass is 268 g/mol. The second kappa shape index (κ2) is 6.39. The first-order valence-electron chi connectivity index (χ1n) is 5.08. The smallest absolute Gasteiger partial charge is 0.290 e. The third kappa shape index (κ3) is 3.70. The van der Waals surface area contributed by atoms with E-state index in [1.165, 1.54) is 25.3 Å². The molecule has 1 aromatic heterocycles. The topological polar surface area (TPSA) is 79.3 Å². The molecule has 5 nitrogen and oxygen atoms in total. The van der Waals surface area contributed by atoms with Crippen molar-refractivity contribution in [3.05, 3.63) is 36.0 Å². The number of carbonyl (C=O) groups excluding carboxylic acids is 1. The van der Waals surface area contributed by atoms with Gasteiger partial charge >= 0.3 is 0 Å². The van der Waals surface area contributed by atoms with Crippen LogP contribution in [0.1, 0.15) is 6.92 Å². The maximum absolute atomic E-state index is 13.3. The van der Waals surface area contributed by atoms with Crippen LogP contribution < -0.4 is 5.32 Å². The number of halogens is 2. The van der Waals surface area contributed by atoms with E-state index in [0.29, 0.717) is 11.1 Å². The van der Waals surface area contributed by atoms with Gasteiger partial charge in [-0.05, 0) is 18.2 Å². The second-order valence-electron chi connectivity index (χ2n) is 3.44. The molecule has 0 saturated carbocycles. The fourth-order valence-corrected chi connectivity index (χ4v) is 1.41. The highest BCUT2D eigenvalue weighted by atomic mass is 19.2. The molecule has 7 heteroatoms. The van der Waals surface area contributed by atoms with Crippen LogP contribution in [0.25, 0.3) is 10.9 Å². The molecule has 1 amide bonds. The Kier molecular flexibility index (Phi) is 4.87. The lowest BCUT2D eigenvalue weighted by Gasteiger charge is -2.04. The molecule has 0 unspecified atom stereocenters. The first kappa shape index (κ1) is 14.5. The summed E-state index contributed by atoms with van der Waals surface area (Å²) in [6.07, 6.45) is 1.28. The van der Waals surface area contributed by atoms with E-state index in [1.54, 1.807) is 0 Å². The molecule has 19 heavy (non-hydrogen) atoms. The van der Waals surface area contributed by atoms with Crippen LogP contribution in [0, 0.1) is 11.6 Å². The number of anilines is 1. The normalized spacial score (nSPS) is 9.42. The van der Waals surface area contributed by atoms with Crippen LogP contribution in [0.3, 0.4) is 0 Å². The fraction of sp³-hybridized carbons (Fsp3) is 0.0833. The number of nitrogens with zero attached hydrogens (tertiary/aromatic N) is 1. The Morgan fingerprint density at radius 1 is 1.42 bits per heavy atom. The molecule has 1 heterocycles. The number of nitrogens with one attached hydrogen (secondary N) is 1. The highest BCUT2D eigenvalue weighted by molar-refractivity contribution is 5.91. The Hall–Kier alpha value is -2.57. The molecule has 2 aromatic rings. The Morgan fingerprint density at radius 2 is 2.05 bits per heavy atom. The minimum absolute atomic E-state index is 0.0471. The van der Waals surface area contributed by atoms with E-state index in [9.17, 15) is 13.6 Å². The third-order valence-corrected chi connectivity index (χ3v) is 2.06. The van der Waals surface area contributed by atoms with E-state index in [0.717, 1.165) is 6.07 Å². The molecule has 0 spiro atoms. The summed E-state index contributed by atoms with van der Waals surface area (Å²) >= 11 is 0. The predicted octanol–water partition coefficient (Wildman–Crippen LogP) is 2.17. The van der Waals surface area contributed by atoms with Crippen molar-refractivity contribution in [3.63, 3.8) is 0 Å². The van der Waals surface area contributed by atoms with Gasteiger partial charge in [-0.2, -0.15) is 0 Å². The van der Waals surface area contributed by atoms with Gasteiger partial charge in [-0.1, -0.05) is 0 Å². The Bertz CT molecular complexity index is 617. The maximum atomic E-state index is 13.3. The first-order chi connectivity index (χ1) is 8.99. The van der Waals surface area contributed by atoms with Gasteiger partial charge in [0, 0.05) is 12.3 Å². The van der Waals surface area contributed by atoms with Crippen LogP contribution in [-0.2, 0) is 9.59 Å². The summed E-state index contributed by atoms with van der Waals surface area (Å²) < 4.78 is 26.1. The molecule has 0 aliphatic carbocycles. The first-order valence-corrected chi connectivity index (χ1v) is 5.08. The van der Waals surface area contributed by atoms with Crippen LogP contribution in [0.15, 0.2) is 24.4 Å². The van der Waals surface area contributed by atoms with E-state index < -0.39 is 11.6 Å². The highest BCUT2D eigenvalue weighted by Crippen LogP contribution is 2.21. The van der Waals surface area contributed by atoms with Crippen molar-refractivity contribution >= 4 is 29.0 Å². The van der Waals surface area contributed by atoms with Crippen molar-refractivity contribution in [2.45, 2.75) is 6.92 Å². The molecule has 2 N–H and O–H groups in total. The summed E-state index contributed by atoms with van der Waals surface area (Å²) in [5.41, 5.74) is 0.403. The van der Waals surface area contributed by atoms with Crippen molar-refractivity contribution in [2.75, 3.05) is 5.32 Å². The summed E-state index contributed by atoms with van der Waals surface area (Å²) in [4.78, 5) is 22.9. The molecule has 0 fully saturated rings. The number of aromatic nitrogens is 1. The number of benzene rings is 1.